The van der Waals surface area contributed by atoms with Crippen LogP contribution in [0.3, 0.4) is 0 Å². The minimum absolute atomic E-state index is 0.0501. The molecular weight excluding hydrogens is 286 g/mol. The lowest BCUT2D eigenvalue weighted by atomic mass is 10.1. The van der Waals surface area contributed by atoms with Gasteiger partial charge in [0.2, 0.25) is 0 Å². The first-order valence-electron chi connectivity index (χ1n) is 6.61. The fourth-order valence-electron chi connectivity index (χ4n) is 2.37. The van der Waals surface area contributed by atoms with Gasteiger partial charge in [0, 0.05) is 12.2 Å². The van der Waals surface area contributed by atoms with Crippen LogP contribution in [0.4, 0.5) is 8.78 Å². The van der Waals surface area contributed by atoms with Crippen LogP contribution in [0, 0.1) is 5.92 Å². The lowest BCUT2D eigenvalue weighted by Gasteiger charge is -2.21. The van der Waals surface area contributed by atoms with Crippen molar-refractivity contribution in [1.82, 2.24) is 0 Å². The molecule has 112 valence electrons. The third kappa shape index (κ3) is 4.52. The Morgan fingerprint density at radius 1 is 1.25 bits per heavy atom. The van der Waals surface area contributed by atoms with E-state index in [0.717, 1.165) is 12.8 Å². The first-order chi connectivity index (χ1) is 9.46. The standard InChI is InChI=1S/C14H18F2O3S/c15-14(16)13-5-3-11(4-6-13)9-20(17,18)10-12-2-1-7-19-8-12/h3-6,12,14H,1-2,7-10H2. The molecule has 1 heterocycles. The normalized spacial score (nSPS) is 20.2. The first-order valence-corrected chi connectivity index (χ1v) is 8.43. The quantitative estimate of drug-likeness (QED) is 0.840. The molecule has 0 amide bonds. The molecule has 6 heteroatoms. The maximum absolute atomic E-state index is 12.4. The van der Waals surface area contributed by atoms with Gasteiger partial charge in [0.15, 0.2) is 9.84 Å². The van der Waals surface area contributed by atoms with E-state index in [-0.39, 0.29) is 23.0 Å². The van der Waals surface area contributed by atoms with Crippen LogP contribution >= 0.6 is 0 Å². The van der Waals surface area contributed by atoms with E-state index in [2.05, 4.69) is 0 Å². The Morgan fingerprint density at radius 3 is 2.50 bits per heavy atom. The van der Waals surface area contributed by atoms with Crippen LogP contribution in [0.25, 0.3) is 0 Å². The molecule has 2 rings (SSSR count). The summed E-state index contributed by atoms with van der Waals surface area (Å²) in [6.07, 6.45) is -0.771. The zero-order valence-electron chi connectivity index (χ0n) is 11.1. The number of hydrogen-bond acceptors (Lipinski definition) is 3. The molecule has 1 aliphatic heterocycles. The van der Waals surface area contributed by atoms with E-state index in [1.54, 1.807) is 0 Å². The van der Waals surface area contributed by atoms with Crippen LogP contribution in [-0.2, 0) is 20.3 Å². The molecule has 3 nitrogen and oxygen atoms in total. The summed E-state index contributed by atoms with van der Waals surface area (Å²) in [7, 11) is -3.23. The van der Waals surface area contributed by atoms with Gasteiger partial charge in [-0.1, -0.05) is 24.3 Å². The summed E-state index contributed by atoms with van der Waals surface area (Å²) in [4.78, 5) is 0. The van der Waals surface area contributed by atoms with Crippen LogP contribution in [0.2, 0.25) is 0 Å². The van der Waals surface area contributed by atoms with Crippen molar-refractivity contribution in [2.75, 3.05) is 19.0 Å². The minimum Gasteiger partial charge on any atom is -0.381 e. The van der Waals surface area contributed by atoms with Crippen molar-refractivity contribution in [3.8, 4) is 0 Å². The molecule has 1 aromatic rings. The van der Waals surface area contributed by atoms with Gasteiger partial charge in [-0.2, -0.15) is 0 Å². The third-order valence-electron chi connectivity index (χ3n) is 3.36. The van der Waals surface area contributed by atoms with Gasteiger partial charge in [0.1, 0.15) is 0 Å². The number of rotatable bonds is 5. The zero-order valence-corrected chi connectivity index (χ0v) is 11.9. The molecule has 1 unspecified atom stereocenters. The Hall–Kier alpha value is -1.01. The number of benzene rings is 1. The van der Waals surface area contributed by atoms with E-state index in [9.17, 15) is 17.2 Å². The van der Waals surface area contributed by atoms with Gasteiger partial charge >= 0.3 is 0 Å². The topological polar surface area (TPSA) is 43.4 Å². The Morgan fingerprint density at radius 2 is 1.95 bits per heavy atom. The summed E-state index contributed by atoms with van der Waals surface area (Å²) < 4.78 is 54.3. The fourth-order valence-corrected chi connectivity index (χ4v) is 4.17. The smallest absolute Gasteiger partial charge is 0.263 e. The zero-order chi connectivity index (χ0) is 14.6. The van der Waals surface area contributed by atoms with Crippen LogP contribution in [-0.4, -0.2) is 27.4 Å². The monoisotopic (exact) mass is 304 g/mol. The summed E-state index contributed by atoms with van der Waals surface area (Å²) in [6, 6.07) is 5.46. The molecule has 20 heavy (non-hydrogen) atoms. The van der Waals surface area contributed by atoms with Crippen molar-refractivity contribution in [1.29, 1.82) is 0 Å². The van der Waals surface area contributed by atoms with Gasteiger partial charge in [-0.25, -0.2) is 17.2 Å². The maximum Gasteiger partial charge on any atom is 0.263 e. The molecule has 1 aromatic carbocycles. The molecule has 1 fully saturated rings. The highest BCUT2D eigenvalue weighted by Crippen LogP contribution is 2.21. The number of alkyl halides is 2. The van der Waals surface area contributed by atoms with Gasteiger partial charge in [-0.3, -0.25) is 0 Å². The van der Waals surface area contributed by atoms with Crippen molar-refractivity contribution < 1.29 is 21.9 Å². The molecule has 0 radical (unpaired) electrons. The predicted octanol–water partition coefficient (Wildman–Crippen LogP) is 2.97. The van der Waals surface area contributed by atoms with E-state index in [4.69, 9.17) is 4.74 Å². The van der Waals surface area contributed by atoms with Crippen LogP contribution in [0.1, 0.15) is 30.4 Å². The van der Waals surface area contributed by atoms with Gasteiger partial charge < -0.3 is 4.74 Å². The molecule has 0 N–H and O–H groups in total. The van der Waals surface area contributed by atoms with Gasteiger partial charge in [-0.05, 0) is 24.3 Å². The van der Waals surface area contributed by atoms with Gasteiger partial charge in [-0.15, -0.1) is 0 Å². The minimum atomic E-state index is -3.23. The van der Waals surface area contributed by atoms with E-state index in [1.807, 2.05) is 0 Å². The van der Waals surface area contributed by atoms with E-state index < -0.39 is 16.3 Å². The Labute approximate surface area is 117 Å². The molecule has 1 saturated heterocycles. The molecule has 0 aromatic heterocycles. The Bertz CT molecular complexity index is 520. The second-order valence-corrected chi connectivity index (χ2v) is 7.29. The predicted molar refractivity (Wildman–Crippen MR) is 72.4 cm³/mol. The van der Waals surface area contributed by atoms with Crippen molar-refractivity contribution in [3.63, 3.8) is 0 Å². The average Bonchev–Trinajstić information content (AvgIpc) is 2.39. The highest BCUT2D eigenvalue weighted by Gasteiger charge is 2.22. The lowest BCUT2D eigenvalue weighted by Crippen LogP contribution is -2.25. The van der Waals surface area contributed by atoms with Crippen molar-refractivity contribution >= 4 is 9.84 Å². The summed E-state index contributed by atoms with van der Waals surface area (Å²) in [6.45, 7) is 1.19. The number of hydrogen-bond donors (Lipinski definition) is 0. The highest BCUT2D eigenvalue weighted by molar-refractivity contribution is 7.90. The summed E-state index contributed by atoms with van der Waals surface area (Å²) in [5.41, 5.74) is 0.456. The van der Waals surface area contributed by atoms with E-state index in [1.165, 1.54) is 24.3 Å². The molecule has 0 saturated carbocycles. The summed E-state index contributed by atoms with van der Waals surface area (Å²) in [5.74, 6) is 0.0467. The third-order valence-corrected chi connectivity index (χ3v) is 5.11. The largest absolute Gasteiger partial charge is 0.381 e. The number of ether oxygens (including phenoxy) is 1. The maximum atomic E-state index is 12.4. The Kier molecular flexibility index (Phi) is 5.10. The summed E-state index contributed by atoms with van der Waals surface area (Å²) in [5, 5.41) is 0. The van der Waals surface area contributed by atoms with Gasteiger partial charge in [0.05, 0.1) is 18.1 Å². The average molecular weight is 304 g/mol. The van der Waals surface area contributed by atoms with Crippen LogP contribution < -0.4 is 0 Å². The first kappa shape index (κ1) is 15.4. The number of sulfone groups is 1. The molecule has 1 atom stereocenters. The fraction of sp³-hybridized carbons (Fsp3) is 0.571. The van der Waals surface area contributed by atoms with Crippen molar-refractivity contribution in [2.24, 2.45) is 5.92 Å². The molecule has 1 aliphatic rings. The molecular formula is C14H18F2O3S. The Balaban J connectivity index is 1.96. The van der Waals surface area contributed by atoms with E-state index >= 15 is 0 Å². The van der Waals surface area contributed by atoms with E-state index in [0.29, 0.717) is 18.8 Å². The second kappa shape index (κ2) is 6.63. The van der Waals surface area contributed by atoms with Crippen molar-refractivity contribution in [3.05, 3.63) is 35.4 Å². The number of halogens is 2. The molecule has 0 spiro atoms. The highest BCUT2D eigenvalue weighted by atomic mass is 32.2. The van der Waals surface area contributed by atoms with Crippen LogP contribution in [0.15, 0.2) is 24.3 Å². The SMILES string of the molecule is O=S(=O)(Cc1ccc(C(F)F)cc1)CC1CCCOC1. The second-order valence-electron chi connectivity index (χ2n) is 5.18. The lowest BCUT2D eigenvalue weighted by molar-refractivity contribution is 0.0626. The van der Waals surface area contributed by atoms with Gasteiger partial charge in [0.25, 0.3) is 6.43 Å². The van der Waals surface area contributed by atoms with Crippen molar-refractivity contribution in [2.45, 2.75) is 25.0 Å². The molecule has 0 aliphatic carbocycles. The molecule has 0 bridgehead atoms. The van der Waals surface area contributed by atoms with Crippen LogP contribution in [0.5, 0.6) is 0 Å². The summed E-state index contributed by atoms with van der Waals surface area (Å²) >= 11 is 0.